The fourth-order valence-corrected chi connectivity index (χ4v) is 3.55. The second-order valence-electron chi connectivity index (χ2n) is 7.20. The predicted molar refractivity (Wildman–Crippen MR) is 113 cm³/mol. The van der Waals surface area contributed by atoms with Gasteiger partial charge in [0.25, 0.3) is 6.43 Å². The lowest BCUT2D eigenvalue weighted by Gasteiger charge is -2.06. The third-order valence-corrected chi connectivity index (χ3v) is 4.99. The van der Waals surface area contributed by atoms with Crippen LogP contribution in [-0.2, 0) is 17.9 Å². The highest BCUT2D eigenvalue weighted by Gasteiger charge is 2.20. The Morgan fingerprint density at radius 1 is 1.23 bits per heavy atom. The average Bonchev–Trinajstić information content (AvgIpc) is 3.27. The Kier molecular flexibility index (Phi) is 5.69. The van der Waals surface area contributed by atoms with E-state index in [0.717, 1.165) is 5.56 Å². The molecular formula is C21H19ClF2N6O. The molecule has 0 fully saturated rings. The molecule has 4 aromatic rings. The number of halogens is 3. The van der Waals surface area contributed by atoms with Crippen molar-refractivity contribution in [3.05, 3.63) is 70.3 Å². The van der Waals surface area contributed by atoms with Crippen LogP contribution in [0.25, 0.3) is 11.0 Å². The number of anilines is 1. The van der Waals surface area contributed by atoms with Gasteiger partial charge < -0.3 is 5.32 Å². The van der Waals surface area contributed by atoms with Crippen LogP contribution in [0.5, 0.6) is 0 Å². The van der Waals surface area contributed by atoms with Gasteiger partial charge in [0, 0.05) is 22.5 Å². The number of rotatable bonds is 6. The summed E-state index contributed by atoms with van der Waals surface area (Å²) < 4.78 is 29.9. The lowest BCUT2D eigenvalue weighted by atomic mass is 10.1. The lowest BCUT2D eigenvalue weighted by molar-refractivity contribution is -0.116. The van der Waals surface area contributed by atoms with E-state index in [1.54, 1.807) is 36.9 Å². The van der Waals surface area contributed by atoms with Crippen molar-refractivity contribution in [1.29, 1.82) is 0 Å². The number of hydrogen-bond donors (Lipinski definition) is 1. The smallest absolute Gasteiger partial charge is 0.264 e. The van der Waals surface area contributed by atoms with E-state index < -0.39 is 6.43 Å². The molecule has 1 N–H and O–H groups in total. The van der Waals surface area contributed by atoms with Gasteiger partial charge in [-0.05, 0) is 37.6 Å². The Bertz CT molecular complexity index is 1250. The Hall–Kier alpha value is -3.33. The molecule has 0 bridgehead atoms. The minimum atomic E-state index is -2.65. The number of aryl methyl sites for hydroxylation is 2. The second-order valence-corrected chi connectivity index (χ2v) is 7.63. The van der Waals surface area contributed by atoms with Crippen LogP contribution in [0.1, 0.15) is 28.9 Å². The molecule has 0 aliphatic heterocycles. The van der Waals surface area contributed by atoms with E-state index in [9.17, 15) is 13.6 Å². The van der Waals surface area contributed by atoms with E-state index in [2.05, 4.69) is 20.5 Å². The quantitative estimate of drug-likeness (QED) is 0.474. The van der Waals surface area contributed by atoms with Crippen LogP contribution in [-0.4, -0.2) is 30.5 Å². The van der Waals surface area contributed by atoms with Gasteiger partial charge in [0.1, 0.15) is 6.54 Å². The maximum Gasteiger partial charge on any atom is 0.264 e. The van der Waals surface area contributed by atoms with E-state index in [-0.39, 0.29) is 29.0 Å². The number of carbonyl (C=O) groups is 1. The van der Waals surface area contributed by atoms with Crippen molar-refractivity contribution in [3.63, 3.8) is 0 Å². The van der Waals surface area contributed by atoms with Crippen LogP contribution in [0, 0.1) is 13.8 Å². The molecule has 1 amide bonds. The van der Waals surface area contributed by atoms with E-state index in [0.29, 0.717) is 28.6 Å². The van der Waals surface area contributed by atoms with Gasteiger partial charge in [-0.3, -0.25) is 9.48 Å². The zero-order valence-electron chi connectivity index (χ0n) is 16.8. The molecule has 0 aliphatic rings. The number of benzene rings is 1. The molecule has 3 heterocycles. The first-order valence-corrected chi connectivity index (χ1v) is 9.87. The minimum absolute atomic E-state index is 0.130. The van der Waals surface area contributed by atoms with E-state index in [1.165, 1.54) is 16.9 Å². The number of hydrogen-bond acceptors (Lipinski definition) is 4. The molecule has 0 aliphatic carbocycles. The number of aromatic nitrogens is 5. The maximum absolute atomic E-state index is 13.4. The lowest BCUT2D eigenvalue weighted by Crippen LogP contribution is -2.19. The summed E-state index contributed by atoms with van der Waals surface area (Å²) in [5, 5.41) is 12.2. The molecule has 0 unspecified atom stereocenters. The average molecular weight is 445 g/mol. The van der Waals surface area contributed by atoms with Crippen LogP contribution in [0.2, 0.25) is 5.02 Å². The van der Waals surface area contributed by atoms with Gasteiger partial charge in [-0.1, -0.05) is 23.7 Å². The van der Waals surface area contributed by atoms with Crippen molar-refractivity contribution < 1.29 is 13.6 Å². The summed E-state index contributed by atoms with van der Waals surface area (Å²) in [6, 6.07) is 8.75. The number of alkyl halides is 2. The first-order chi connectivity index (χ1) is 14.8. The van der Waals surface area contributed by atoms with E-state index in [1.807, 2.05) is 12.1 Å². The summed E-state index contributed by atoms with van der Waals surface area (Å²) in [6.45, 7) is 3.62. The minimum Gasteiger partial charge on any atom is -0.322 e. The zero-order valence-corrected chi connectivity index (χ0v) is 17.6. The molecule has 4 rings (SSSR count). The van der Waals surface area contributed by atoms with Gasteiger partial charge in [0.15, 0.2) is 5.65 Å². The van der Waals surface area contributed by atoms with Crippen molar-refractivity contribution in [1.82, 2.24) is 24.5 Å². The number of amides is 1. The topological polar surface area (TPSA) is 77.6 Å². The van der Waals surface area contributed by atoms with Crippen LogP contribution in [0.3, 0.4) is 0 Å². The number of pyridine rings is 1. The Morgan fingerprint density at radius 2 is 1.97 bits per heavy atom. The predicted octanol–water partition coefficient (Wildman–Crippen LogP) is 4.52. The van der Waals surface area contributed by atoms with Gasteiger partial charge in [-0.15, -0.1) is 0 Å². The van der Waals surface area contributed by atoms with Crippen LogP contribution < -0.4 is 5.32 Å². The highest BCUT2D eigenvalue weighted by Crippen LogP contribution is 2.29. The Labute approximate surface area is 181 Å². The molecule has 0 spiro atoms. The molecule has 0 saturated carbocycles. The van der Waals surface area contributed by atoms with Crippen LogP contribution in [0.4, 0.5) is 14.5 Å². The summed E-state index contributed by atoms with van der Waals surface area (Å²) in [6.07, 6.45) is 0.592. The van der Waals surface area contributed by atoms with Crippen LogP contribution >= 0.6 is 11.6 Å². The van der Waals surface area contributed by atoms with Crippen molar-refractivity contribution in [2.45, 2.75) is 33.4 Å². The molecule has 1 aromatic carbocycles. The molecule has 31 heavy (non-hydrogen) atoms. The summed E-state index contributed by atoms with van der Waals surface area (Å²) >= 11 is 5.89. The number of fused-ring (bicyclic) bond motifs is 1. The molecular weight excluding hydrogens is 426 g/mol. The third-order valence-electron chi connectivity index (χ3n) is 4.74. The van der Waals surface area contributed by atoms with Gasteiger partial charge >= 0.3 is 0 Å². The summed E-state index contributed by atoms with van der Waals surface area (Å²) in [7, 11) is 0. The fraction of sp³-hybridized carbons (Fsp3) is 0.238. The fourth-order valence-electron chi connectivity index (χ4n) is 3.43. The van der Waals surface area contributed by atoms with Gasteiger partial charge in [-0.2, -0.15) is 10.2 Å². The molecule has 160 valence electrons. The largest absolute Gasteiger partial charge is 0.322 e. The highest BCUT2D eigenvalue weighted by atomic mass is 35.5. The number of nitrogens with one attached hydrogen (secondary N) is 1. The summed E-state index contributed by atoms with van der Waals surface area (Å²) in [5.41, 5.74) is 2.51. The molecule has 0 radical (unpaired) electrons. The third kappa shape index (κ3) is 4.56. The normalized spacial score (nSPS) is 11.4. The second kappa shape index (κ2) is 8.43. The maximum atomic E-state index is 13.4. The first kappa shape index (κ1) is 20.9. The monoisotopic (exact) mass is 444 g/mol. The molecule has 0 atom stereocenters. The first-order valence-electron chi connectivity index (χ1n) is 9.49. The summed E-state index contributed by atoms with van der Waals surface area (Å²) in [4.78, 5) is 16.9. The zero-order chi connectivity index (χ0) is 22.1. The molecule has 10 heteroatoms. The molecule has 0 saturated heterocycles. The van der Waals surface area contributed by atoms with Crippen LogP contribution in [0.15, 0.2) is 42.7 Å². The number of nitrogens with zero attached hydrogens (tertiary/aromatic N) is 5. The van der Waals surface area contributed by atoms with E-state index in [4.69, 9.17) is 11.6 Å². The Balaban J connectivity index is 1.49. The molecule has 7 nitrogen and oxygen atoms in total. The van der Waals surface area contributed by atoms with Gasteiger partial charge in [-0.25, -0.2) is 18.4 Å². The summed E-state index contributed by atoms with van der Waals surface area (Å²) in [5.74, 6) is -0.364. The van der Waals surface area contributed by atoms with Crippen molar-refractivity contribution in [3.8, 4) is 0 Å². The highest BCUT2D eigenvalue weighted by molar-refractivity contribution is 6.30. The Morgan fingerprint density at radius 3 is 2.68 bits per heavy atom. The van der Waals surface area contributed by atoms with Crippen molar-refractivity contribution in [2.75, 3.05) is 5.32 Å². The van der Waals surface area contributed by atoms with Gasteiger partial charge in [0.2, 0.25) is 5.91 Å². The number of carbonyl (C=O) groups excluding carboxylic acids is 1. The van der Waals surface area contributed by atoms with Crippen molar-refractivity contribution in [2.24, 2.45) is 0 Å². The van der Waals surface area contributed by atoms with E-state index >= 15 is 0 Å². The van der Waals surface area contributed by atoms with Gasteiger partial charge in [0.05, 0.1) is 29.5 Å². The van der Waals surface area contributed by atoms with Crippen molar-refractivity contribution >= 4 is 34.2 Å². The SMILES string of the molecule is Cc1cc(C(F)F)c2c(C)nn(CC(=O)Nc3cnn(Cc4ccc(Cl)cc4)c3)c2n1. The standard InChI is InChI=1S/C21H19ClF2N6O/c1-12-7-17(20(23)24)19-13(2)28-30(21(19)26-12)11-18(31)27-16-8-25-29(10-16)9-14-3-5-15(22)6-4-14/h3-8,10,20H,9,11H2,1-2H3,(H,27,31). The molecule has 3 aromatic heterocycles.